The standard InChI is InChI=1S/C19H26N4O/c1-13(2)23-18-15(12-21-23)10-16(11-20-18)19(24)22-9-5-7-14-6-3-4-8-17(14)22/h10-14,17H,3-9H2,1-2H3. The van der Waals surface area contributed by atoms with E-state index in [-0.39, 0.29) is 11.9 Å². The van der Waals surface area contributed by atoms with Gasteiger partial charge in [-0.05, 0) is 51.5 Å². The highest BCUT2D eigenvalue weighted by Gasteiger charge is 2.36. The molecule has 128 valence electrons. The van der Waals surface area contributed by atoms with E-state index in [1.54, 1.807) is 6.20 Å². The first-order chi connectivity index (χ1) is 11.6. The second-order valence-corrected chi connectivity index (χ2v) is 7.57. The number of aromatic nitrogens is 3. The van der Waals surface area contributed by atoms with E-state index >= 15 is 0 Å². The first-order valence-corrected chi connectivity index (χ1v) is 9.29. The summed E-state index contributed by atoms with van der Waals surface area (Å²) in [4.78, 5) is 19.8. The number of fused-ring (bicyclic) bond motifs is 2. The molecule has 2 aliphatic rings. The lowest BCUT2D eigenvalue weighted by Gasteiger charge is -2.44. The zero-order valence-corrected chi connectivity index (χ0v) is 14.6. The molecular formula is C19H26N4O. The van der Waals surface area contributed by atoms with Crippen molar-refractivity contribution in [1.82, 2.24) is 19.7 Å². The predicted octanol–water partition coefficient (Wildman–Crippen LogP) is 3.81. The molecule has 5 nitrogen and oxygen atoms in total. The van der Waals surface area contributed by atoms with Crippen molar-refractivity contribution in [3.8, 4) is 0 Å². The van der Waals surface area contributed by atoms with E-state index in [1.165, 1.54) is 25.7 Å². The van der Waals surface area contributed by atoms with Gasteiger partial charge in [-0.3, -0.25) is 4.79 Å². The van der Waals surface area contributed by atoms with Crippen LogP contribution in [0.1, 0.15) is 68.8 Å². The number of hydrogen-bond donors (Lipinski definition) is 0. The van der Waals surface area contributed by atoms with Gasteiger partial charge in [0.2, 0.25) is 0 Å². The number of rotatable bonds is 2. The van der Waals surface area contributed by atoms with Crippen molar-refractivity contribution in [3.05, 3.63) is 24.0 Å². The van der Waals surface area contributed by atoms with Crippen LogP contribution >= 0.6 is 0 Å². The van der Waals surface area contributed by atoms with Gasteiger partial charge in [0, 0.05) is 30.2 Å². The minimum Gasteiger partial charge on any atom is -0.335 e. The molecule has 0 radical (unpaired) electrons. The molecule has 2 unspecified atom stereocenters. The molecule has 1 aliphatic heterocycles. The second-order valence-electron chi connectivity index (χ2n) is 7.57. The van der Waals surface area contributed by atoms with Crippen molar-refractivity contribution in [2.45, 2.75) is 64.5 Å². The number of nitrogens with zero attached hydrogens (tertiary/aromatic N) is 4. The molecule has 24 heavy (non-hydrogen) atoms. The summed E-state index contributed by atoms with van der Waals surface area (Å²) in [6, 6.07) is 2.67. The molecule has 1 saturated heterocycles. The minimum atomic E-state index is 0.151. The van der Waals surface area contributed by atoms with Gasteiger partial charge in [0.05, 0.1) is 11.8 Å². The summed E-state index contributed by atoms with van der Waals surface area (Å²) in [5, 5.41) is 5.35. The molecule has 1 aliphatic carbocycles. The minimum absolute atomic E-state index is 0.151. The maximum absolute atomic E-state index is 13.1. The fraction of sp³-hybridized carbons (Fsp3) is 0.632. The summed E-state index contributed by atoms with van der Waals surface area (Å²) < 4.78 is 1.90. The average molecular weight is 326 g/mol. The summed E-state index contributed by atoms with van der Waals surface area (Å²) >= 11 is 0. The van der Waals surface area contributed by atoms with Gasteiger partial charge < -0.3 is 4.90 Å². The molecule has 2 fully saturated rings. The molecule has 2 atom stereocenters. The Balaban J connectivity index is 1.62. The van der Waals surface area contributed by atoms with Crippen LogP contribution in [-0.2, 0) is 0 Å². The fourth-order valence-corrected chi connectivity index (χ4v) is 4.48. The largest absolute Gasteiger partial charge is 0.335 e. The van der Waals surface area contributed by atoms with E-state index in [1.807, 2.05) is 16.9 Å². The third kappa shape index (κ3) is 2.60. The van der Waals surface area contributed by atoms with E-state index in [0.717, 1.165) is 30.4 Å². The van der Waals surface area contributed by atoms with E-state index in [4.69, 9.17) is 0 Å². The highest BCUT2D eigenvalue weighted by Crippen LogP contribution is 2.36. The number of piperidine rings is 1. The molecule has 3 heterocycles. The zero-order valence-electron chi connectivity index (χ0n) is 14.6. The third-order valence-corrected chi connectivity index (χ3v) is 5.67. The van der Waals surface area contributed by atoms with E-state index in [9.17, 15) is 4.79 Å². The number of likely N-dealkylation sites (tertiary alicyclic amines) is 1. The van der Waals surface area contributed by atoms with Gasteiger partial charge in [-0.1, -0.05) is 12.8 Å². The Kier molecular flexibility index (Phi) is 4.02. The molecule has 1 saturated carbocycles. The molecular weight excluding hydrogens is 300 g/mol. The van der Waals surface area contributed by atoms with Gasteiger partial charge in [-0.15, -0.1) is 0 Å². The first kappa shape index (κ1) is 15.6. The van der Waals surface area contributed by atoms with Gasteiger partial charge in [-0.25, -0.2) is 9.67 Å². The first-order valence-electron chi connectivity index (χ1n) is 9.29. The Morgan fingerprint density at radius 1 is 1.17 bits per heavy atom. The SMILES string of the molecule is CC(C)n1ncc2cc(C(=O)N3CCCC4CCCCC43)cnc21. The van der Waals surface area contributed by atoms with Gasteiger partial charge >= 0.3 is 0 Å². The molecule has 0 aromatic carbocycles. The summed E-state index contributed by atoms with van der Waals surface area (Å²) in [7, 11) is 0. The number of amides is 1. The van der Waals surface area contributed by atoms with Gasteiger partial charge in [0.1, 0.15) is 0 Å². The Labute approximate surface area is 143 Å². The van der Waals surface area contributed by atoms with Crippen LogP contribution in [0.25, 0.3) is 11.0 Å². The zero-order chi connectivity index (χ0) is 16.7. The molecule has 1 amide bonds. The van der Waals surface area contributed by atoms with Crippen LogP contribution in [0.2, 0.25) is 0 Å². The monoisotopic (exact) mass is 326 g/mol. The van der Waals surface area contributed by atoms with Crippen molar-refractivity contribution >= 4 is 16.9 Å². The molecule has 4 rings (SSSR count). The third-order valence-electron chi connectivity index (χ3n) is 5.67. The normalized spacial score (nSPS) is 24.4. The molecule has 0 N–H and O–H groups in total. The van der Waals surface area contributed by atoms with Crippen molar-refractivity contribution in [2.75, 3.05) is 6.54 Å². The summed E-state index contributed by atoms with van der Waals surface area (Å²) in [6.45, 7) is 5.07. The van der Waals surface area contributed by atoms with Gasteiger partial charge in [0.25, 0.3) is 5.91 Å². The van der Waals surface area contributed by atoms with Crippen molar-refractivity contribution < 1.29 is 4.79 Å². The van der Waals surface area contributed by atoms with Crippen LogP contribution in [0.4, 0.5) is 0 Å². The van der Waals surface area contributed by atoms with Crippen molar-refractivity contribution in [2.24, 2.45) is 5.92 Å². The maximum Gasteiger partial charge on any atom is 0.255 e. The second kappa shape index (κ2) is 6.19. The highest BCUT2D eigenvalue weighted by molar-refractivity contribution is 5.97. The van der Waals surface area contributed by atoms with Crippen LogP contribution in [0.5, 0.6) is 0 Å². The Bertz CT molecular complexity index is 749. The summed E-state index contributed by atoms with van der Waals surface area (Å²) in [6.07, 6.45) is 11.0. The van der Waals surface area contributed by atoms with Crippen LogP contribution < -0.4 is 0 Å². The van der Waals surface area contributed by atoms with Crippen LogP contribution in [0.3, 0.4) is 0 Å². The van der Waals surface area contributed by atoms with Gasteiger partial charge in [0.15, 0.2) is 5.65 Å². The Morgan fingerprint density at radius 3 is 2.79 bits per heavy atom. The number of hydrogen-bond acceptors (Lipinski definition) is 3. The Hall–Kier alpha value is -1.91. The molecule has 0 bridgehead atoms. The van der Waals surface area contributed by atoms with Crippen molar-refractivity contribution in [3.63, 3.8) is 0 Å². The van der Waals surface area contributed by atoms with E-state index in [2.05, 4.69) is 28.8 Å². The maximum atomic E-state index is 13.1. The molecule has 2 aromatic heterocycles. The fourth-order valence-electron chi connectivity index (χ4n) is 4.48. The molecule has 0 spiro atoms. The predicted molar refractivity (Wildman–Crippen MR) is 93.9 cm³/mol. The van der Waals surface area contributed by atoms with Crippen molar-refractivity contribution in [1.29, 1.82) is 0 Å². The summed E-state index contributed by atoms with van der Waals surface area (Å²) in [5.41, 5.74) is 1.56. The number of carbonyl (C=O) groups is 1. The van der Waals surface area contributed by atoms with Crippen LogP contribution in [-0.4, -0.2) is 38.2 Å². The van der Waals surface area contributed by atoms with Crippen LogP contribution in [0.15, 0.2) is 18.5 Å². The highest BCUT2D eigenvalue weighted by atomic mass is 16.2. The lowest BCUT2D eigenvalue weighted by molar-refractivity contribution is 0.0390. The van der Waals surface area contributed by atoms with E-state index in [0.29, 0.717) is 17.5 Å². The van der Waals surface area contributed by atoms with Crippen LogP contribution in [0, 0.1) is 5.92 Å². The number of pyridine rings is 1. The number of carbonyl (C=O) groups excluding carboxylic acids is 1. The molecule has 2 aromatic rings. The topological polar surface area (TPSA) is 51.0 Å². The quantitative estimate of drug-likeness (QED) is 0.843. The lowest BCUT2D eigenvalue weighted by atomic mass is 9.78. The molecule has 5 heteroatoms. The summed E-state index contributed by atoms with van der Waals surface area (Å²) in [5.74, 6) is 0.857. The Morgan fingerprint density at radius 2 is 1.96 bits per heavy atom. The lowest BCUT2D eigenvalue weighted by Crippen LogP contribution is -2.49. The smallest absolute Gasteiger partial charge is 0.255 e. The average Bonchev–Trinajstić information content (AvgIpc) is 3.04. The van der Waals surface area contributed by atoms with Gasteiger partial charge in [-0.2, -0.15) is 5.10 Å². The van der Waals surface area contributed by atoms with E-state index < -0.39 is 0 Å².